The maximum Gasteiger partial charge on any atom is 0.259 e. The van der Waals surface area contributed by atoms with Gasteiger partial charge in [-0.2, -0.15) is 5.10 Å². The molecule has 1 aromatic carbocycles. The Hall–Kier alpha value is -1.85. The third kappa shape index (κ3) is 4.73. The lowest BCUT2D eigenvalue weighted by Crippen LogP contribution is -2.25. The van der Waals surface area contributed by atoms with Crippen LogP contribution in [-0.2, 0) is 4.79 Å². The predicted molar refractivity (Wildman–Crippen MR) is 80.0 cm³/mol. The van der Waals surface area contributed by atoms with Gasteiger partial charge in [-0.05, 0) is 29.6 Å². The predicted octanol–water partition coefficient (Wildman–Crippen LogP) is 2.96. The van der Waals surface area contributed by atoms with Gasteiger partial charge in [-0.1, -0.05) is 23.7 Å². The average Bonchev–Trinajstić information content (AvgIpc) is 2.90. The Kier molecular flexibility index (Phi) is 4.94. The number of carbonyl (C=O) groups excluding carboxylic acids is 1. The number of benzene rings is 1. The Bertz CT molecular complexity index is 569. The van der Waals surface area contributed by atoms with Crippen molar-refractivity contribution >= 4 is 40.7 Å². The van der Waals surface area contributed by atoms with Crippen LogP contribution in [0, 0.1) is 0 Å². The third-order valence-corrected chi connectivity index (χ3v) is 3.24. The van der Waals surface area contributed by atoms with Gasteiger partial charge in [0.15, 0.2) is 0 Å². The highest BCUT2D eigenvalue weighted by molar-refractivity contribution is 7.11. The van der Waals surface area contributed by atoms with Gasteiger partial charge in [-0.3, -0.25) is 4.79 Å². The lowest BCUT2D eigenvalue weighted by molar-refractivity contribution is -0.119. The van der Waals surface area contributed by atoms with E-state index in [2.05, 4.69) is 15.8 Å². The summed E-state index contributed by atoms with van der Waals surface area (Å²) < 4.78 is 0. The van der Waals surface area contributed by atoms with E-state index in [0.29, 0.717) is 5.02 Å². The second-order valence-corrected chi connectivity index (χ2v) is 5.09. The molecule has 0 unspecified atom stereocenters. The van der Waals surface area contributed by atoms with Crippen molar-refractivity contribution < 1.29 is 4.79 Å². The minimum atomic E-state index is -0.215. The molecule has 0 bridgehead atoms. The number of rotatable bonds is 5. The van der Waals surface area contributed by atoms with E-state index in [1.165, 1.54) is 0 Å². The maximum atomic E-state index is 11.5. The Labute approximate surface area is 120 Å². The SMILES string of the molecule is O=C(CNc1cccc(Cl)c1)N/N=C/c1cccs1. The fourth-order valence-electron chi connectivity index (χ4n) is 1.35. The first-order valence-electron chi connectivity index (χ1n) is 5.59. The van der Waals surface area contributed by atoms with Gasteiger partial charge in [-0.15, -0.1) is 11.3 Å². The van der Waals surface area contributed by atoms with Crippen LogP contribution in [0.1, 0.15) is 4.88 Å². The Morgan fingerprint density at radius 3 is 3.00 bits per heavy atom. The molecule has 1 amide bonds. The molecular formula is C13H12ClN3OS. The summed E-state index contributed by atoms with van der Waals surface area (Å²) in [5.74, 6) is -0.215. The van der Waals surface area contributed by atoms with Crippen LogP contribution in [0.15, 0.2) is 46.9 Å². The molecule has 2 aromatic rings. The third-order valence-electron chi connectivity index (χ3n) is 2.20. The van der Waals surface area contributed by atoms with Crippen molar-refractivity contribution in [3.8, 4) is 0 Å². The summed E-state index contributed by atoms with van der Waals surface area (Å²) in [6.45, 7) is 0.141. The number of hydrogen-bond acceptors (Lipinski definition) is 4. The van der Waals surface area contributed by atoms with Crippen molar-refractivity contribution in [3.05, 3.63) is 51.7 Å². The number of carbonyl (C=O) groups is 1. The summed E-state index contributed by atoms with van der Waals surface area (Å²) in [5, 5.41) is 9.40. The van der Waals surface area contributed by atoms with Crippen molar-refractivity contribution in [2.24, 2.45) is 5.10 Å². The van der Waals surface area contributed by atoms with Gasteiger partial charge in [0.05, 0.1) is 12.8 Å². The van der Waals surface area contributed by atoms with Crippen LogP contribution in [0.25, 0.3) is 0 Å². The molecule has 0 atom stereocenters. The zero-order valence-electron chi connectivity index (χ0n) is 9.97. The van der Waals surface area contributed by atoms with E-state index in [1.807, 2.05) is 29.6 Å². The lowest BCUT2D eigenvalue weighted by Gasteiger charge is -2.05. The van der Waals surface area contributed by atoms with Gasteiger partial charge in [-0.25, -0.2) is 5.43 Å². The second-order valence-electron chi connectivity index (χ2n) is 3.67. The summed E-state index contributed by atoms with van der Waals surface area (Å²) in [5.41, 5.74) is 3.24. The number of anilines is 1. The van der Waals surface area contributed by atoms with Crippen LogP contribution in [0.4, 0.5) is 5.69 Å². The lowest BCUT2D eigenvalue weighted by atomic mass is 10.3. The molecule has 2 rings (SSSR count). The monoisotopic (exact) mass is 293 g/mol. The maximum absolute atomic E-state index is 11.5. The first-order chi connectivity index (χ1) is 9.24. The summed E-state index contributed by atoms with van der Waals surface area (Å²) in [6.07, 6.45) is 1.61. The molecular weight excluding hydrogens is 282 g/mol. The number of amides is 1. The first kappa shape index (κ1) is 13.6. The molecule has 6 heteroatoms. The number of hydrazone groups is 1. The quantitative estimate of drug-likeness (QED) is 0.658. The van der Waals surface area contributed by atoms with Crippen LogP contribution in [0.5, 0.6) is 0 Å². The normalized spacial score (nSPS) is 10.6. The van der Waals surface area contributed by atoms with Crippen LogP contribution in [0.3, 0.4) is 0 Å². The molecule has 0 aliphatic heterocycles. The zero-order chi connectivity index (χ0) is 13.5. The van der Waals surface area contributed by atoms with E-state index in [1.54, 1.807) is 29.7 Å². The van der Waals surface area contributed by atoms with E-state index in [-0.39, 0.29) is 12.5 Å². The summed E-state index contributed by atoms with van der Waals surface area (Å²) >= 11 is 7.39. The summed E-state index contributed by atoms with van der Waals surface area (Å²) in [6, 6.07) is 11.0. The van der Waals surface area contributed by atoms with Gasteiger partial charge in [0, 0.05) is 15.6 Å². The van der Waals surface area contributed by atoms with Crippen molar-refractivity contribution in [1.82, 2.24) is 5.43 Å². The molecule has 0 fully saturated rings. The van der Waals surface area contributed by atoms with Crippen molar-refractivity contribution in [2.75, 3.05) is 11.9 Å². The molecule has 1 heterocycles. The Balaban J connectivity index is 1.76. The van der Waals surface area contributed by atoms with E-state index in [0.717, 1.165) is 10.6 Å². The number of thiophene rings is 1. The van der Waals surface area contributed by atoms with Crippen molar-refractivity contribution in [1.29, 1.82) is 0 Å². The number of nitrogens with zero attached hydrogens (tertiary/aromatic N) is 1. The standard InChI is InChI=1S/C13H12ClN3OS/c14-10-3-1-4-11(7-10)15-9-13(18)17-16-8-12-5-2-6-19-12/h1-8,15H,9H2,(H,17,18)/b16-8+. The second kappa shape index (κ2) is 6.92. The van der Waals surface area contributed by atoms with Crippen LogP contribution >= 0.6 is 22.9 Å². The van der Waals surface area contributed by atoms with Crippen LogP contribution in [0.2, 0.25) is 5.02 Å². The highest BCUT2D eigenvalue weighted by Gasteiger charge is 1.99. The van der Waals surface area contributed by atoms with E-state index in [9.17, 15) is 4.79 Å². The molecule has 2 N–H and O–H groups in total. The molecule has 0 aliphatic carbocycles. The number of nitrogens with one attached hydrogen (secondary N) is 2. The highest BCUT2D eigenvalue weighted by atomic mass is 35.5. The minimum absolute atomic E-state index is 0.141. The molecule has 4 nitrogen and oxygen atoms in total. The van der Waals surface area contributed by atoms with Gasteiger partial charge in [0.1, 0.15) is 0 Å². The molecule has 0 aliphatic rings. The van der Waals surface area contributed by atoms with Crippen molar-refractivity contribution in [2.45, 2.75) is 0 Å². The molecule has 19 heavy (non-hydrogen) atoms. The first-order valence-corrected chi connectivity index (χ1v) is 6.84. The number of hydrogen-bond donors (Lipinski definition) is 2. The molecule has 0 saturated carbocycles. The zero-order valence-corrected chi connectivity index (χ0v) is 11.5. The van der Waals surface area contributed by atoms with Gasteiger partial charge in [0.25, 0.3) is 5.91 Å². The van der Waals surface area contributed by atoms with E-state index < -0.39 is 0 Å². The van der Waals surface area contributed by atoms with Gasteiger partial charge >= 0.3 is 0 Å². The molecule has 0 radical (unpaired) electrons. The minimum Gasteiger partial charge on any atom is -0.376 e. The number of halogens is 1. The van der Waals surface area contributed by atoms with Crippen LogP contribution < -0.4 is 10.7 Å². The Morgan fingerprint density at radius 2 is 2.26 bits per heavy atom. The van der Waals surface area contributed by atoms with Gasteiger partial charge in [0.2, 0.25) is 0 Å². The fraction of sp³-hybridized carbons (Fsp3) is 0.0769. The Morgan fingerprint density at radius 1 is 1.37 bits per heavy atom. The fourth-order valence-corrected chi connectivity index (χ4v) is 2.13. The van der Waals surface area contributed by atoms with Crippen molar-refractivity contribution in [3.63, 3.8) is 0 Å². The van der Waals surface area contributed by atoms with Gasteiger partial charge < -0.3 is 5.32 Å². The van der Waals surface area contributed by atoms with Crippen LogP contribution in [-0.4, -0.2) is 18.7 Å². The smallest absolute Gasteiger partial charge is 0.259 e. The average molecular weight is 294 g/mol. The molecule has 0 saturated heterocycles. The topological polar surface area (TPSA) is 53.5 Å². The highest BCUT2D eigenvalue weighted by Crippen LogP contribution is 2.14. The summed E-state index contributed by atoms with van der Waals surface area (Å²) in [4.78, 5) is 12.5. The largest absolute Gasteiger partial charge is 0.376 e. The summed E-state index contributed by atoms with van der Waals surface area (Å²) in [7, 11) is 0. The molecule has 98 valence electrons. The van der Waals surface area contributed by atoms with E-state index in [4.69, 9.17) is 11.6 Å². The van der Waals surface area contributed by atoms with E-state index >= 15 is 0 Å². The molecule has 0 spiro atoms. The molecule has 1 aromatic heterocycles.